The maximum absolute atomic E-state index is 10.5. The summed E-state index contributed by atoms with van der Waals surface area (Å²) in [5, 5.41) is 0. The van der Waals surface area contributed by atoms with Crippen molar-refractivity contribution in [2.24, 2.45) is 0 Å². The maximum atomic E-state index is 10.5. The molecule has 0 heterocycles. The fraction of sp³-hybridized carbons (Fsp3) is 0.462. The second-order valence-corrected chi connectivity index (χ2v) is 3.92. The third kappa shape index (κ3) is 2.76. The normalized spacial score (nSPS) is 9.67. The molecule has 0 N–H and O–H groups in total. The topological polar surface area (TPSA) is 17.1 Å². The van der Waals surface area contributed by atoms with E-state index in [1.807, 2.05) is 6.29 Å². The van der Waals surface area contributed by atoms with Gasteiger partial charge in [-0.1, -0.05) is 5.56 Å². The Morgan fingerprint density at radius 1 is 0.800 bits per heavy atom. The van der Waals surface area contributed by atoms with Gasteiger partial charge in [-0.05, 0) is 62.4 Å². The van der Waals surface area contributed by atoms with Crippen molar-refractivity contribution in [1.82, 2.24) is 0 Å². The Kier molecular flexibility index (Phi) is 5.91. The zero-order valence-corrected chi connectivity index (χ0v) is 13.0. The van der Waals surface area contributed by atoms with Crippen molar-refractivity contribution in [3.63, 3.8) is 0 Å². The molecule has 15 heavy (non-hydrogen) atoms. The molecular formula is C13H17OY-. The van der Waals surface area contributed by atoms with E-state index in [0.29, 0.717) is 6.42 Å². The molecule has 0 saturated carbocycles. The Bertz CT molecular complexity index is 352. The van der Waals surface area contributed by atoms with Gasteiger partial charge in [0.2, 0.25) is 0 Å². The summed E-state index contributed by atoms with van der Waals surface area (Å²) < 4.78 is 0. The third-order valence-electron chi connectivity index (χ3n) is 3.40. The summed E-state index contributed by atoms with van der Waals surface area (Å²) in [6, 6.07) is 0. The molecule has 1 nitrogen and oxygen atoms in total. The first-order valence-electron chi connectivity index (χ1n) is 4.91. The largest absolute Gasteiger partial charge is 0.541 e. The molecule has 0 aromatic heterocycles. The average Bonchev–Trinajstić information content (AvgIpc) is 2.19. The molecular weight excluding hydrogens is 261 g/mol. The molecule has 0 spiro atoms. The smallest absolute Gasteiger partial charge is 0 e. The molecule has 1 aromatic carbocycles. The van der Waals surface area contributed by atoms with Gasteiger partial charge in [0.25, 0.3) is 0 Å². The number of benzene rings is 1. The molecule has 0 fully saturated rings. The summed E-state index contributed by atoms with van der Waals surface area (Å²) in [6.45, 7) is 10.5. The minimum Gasteiger partial charge on any atom is -0.541 e. The van der Waals surface area contributed by atoms with E-state index < -0.39 is 0 Å². The van der Waals surface area contributed by atoms with Crippen LogP contribution in [0.25, 0.3) is 0 Å². The third-order valence-corrected chi connectivity index (χ3v) is 3.40. The van der Waals surface area contributed by atoms with Gasteiger partial charge in [-0.15, -0.1) is 6.42 Å². The summed E-state index contributed by atoms with van der Waals surface area (Å²) in [7, 11) is 0. The summed E-state index contributed by atoms with van der Waals surface area (Å²) in [4.78, 5) is 10.5. The van der Waals surface area contributed by atoms with Gasteiger partial charge in [0.05, 0.1) is 0 Å². The van der Waals surface area contributed by atoms with Crippen LogP contribution in [0.1, 0.15) is 33.4 Å². The van der Waals surface area contributed by atoms with E-state index in [1.165, 1.54) is 27.8 Å². The fourth-order valence-corrected chi connectivity index (χ4v) is 1.91. The van der Waals surface area contributed by atoms with E-state index in [-0.39, 0.29) is 32.7 Å². The number of hydrogen-bond donors (Lipinski definition) is 0. The van der Waals surface area contributed by atoms with E-state index in [2.05, 4.69) is 34.6 Å². The Hall–Kier alpha value is -0.00610. The van der Waals surface area contributed by atoms with Crippen molar-refractivity contribution in [2.75, 3.05) is 0 Å². The first kappa shape index (κ1) is 15.0. The molecule has 0 aliphatic heterocycles. The van der Waals surface area contributed by atoms with Crippen molar-refractivity contribution in [2.45, 2.75) is 41.0 Å². The predicted octanol–water partition coefficient (Wildman–Crippen LogP) is 2.88. The van der Waals surface area contributed by atoms with Crippen LogP contribution in [0.15, 0.2) is 0 Å². The zero-order valence-electron chi connectivity index (χ0n) is 10.2. The van der Waals surface area contributed by atoms with Gasteiger partial charge in [-0.2, -0.15) is 0 Å². The first-order valence-corrected chi connectivity index (χ1v) is 4.91. The molecule has 0 unspecified atom stereocenters. The summed E-state index contributed by atoms with van der Waals surface area (Å²) in [5.74, 6) is 0. The molecule has 0 atom stereocenters. The molecule has 1 radical (unpaired) electrons. The molecule has 2 heteroatoms. The van der Waals surface area contributed by atoms with Crippen molar-refractivity contribution in [3.05, 3.63) is 33.4 Å². The van der Waals surface area contributed by atoms with E-state index in [9.17, 15) is 4.79 Å². The summed E-state index contributed by atoms with van der Waals surface area (Å²) in [6.07, 6.45) is 2.41. The van der Waals surface area contributed by atoms with Crippen molar-refractivity contribution < 1.29 is 37.5 Å². The number of carbonyl (C=O) groups excluding carboxylic acids is 1. The average molecular weight is 278 g/mol. The van der Waals surface area contributed by atoms with E-state index in [0.717, 1.165) is 5.56 Å². The predicted molar refractivity (Wildman–Crippen MR) is 59.5 cm³/mol. The van der Waals surface area contributed by atoms with Crippen LogP contribution in [-0.4, -0.2) is 6.29 Å². The van der Waals surface area contributed by atoms with E-state index in [4.69, 9.17) is 0 Å². The van der Waals surface area contributed by atoms with Crippen LogP contribution in [0.5, 0.6) is 0 Å². The molecule has 0 aliphatic rings. The minimum atomic E-state index is 0. The van der Waals surface area contributed by atoms with Crippen molar-refractivity contribution in [3.8, 4) is 0 Å². The zero-order chi connectivity index (χ0) is 10.9. The number of hydrogen-bond acceptors (Lipinski definition) is 1. The van der Waals surface area contributed by atoms with Crippen LogP contribution >= 0.6 is 0 Å². The quantitative estimate of drug-likeness (QED) is 0.760. The molecule has 1 aromatic rings. The molecule has 79 valence electrons. The van der Waals surface area contributed by atoms with Crippen LogP contribution in [0.2, 0.25) is 0 Å². The van der Waals surface area contributed by atoms with Crippen molar-refractivity contribution >= 4 is 6.29 Å². The Morgan fingerprint density at radius 2 is 1.13 bits per heavy atom. The second-order valence-electron chi connectivity index (χ2n) is 3.92. The fourth-order valence-electron chi connectivity index (χ4n) is 1.91. The first-order chi connectivity index (χ1) is 6.50. The Morgan fingerprint density at radius 3 is 1.47 bits per heavy atom. The van der Waals surface area contributed by atoms with Crippen LogP contribution in [-0.2, 0) is 43.9 Å². The van der Waals surface area contributed by atoms with Crippen LogP contribution in [0.4, 0.5) is 0 Å². The summed E-state index contributed by atoms with van der Waals surface area (Å²) >= 11 is 0. The Labute approximate surface area is 118 Å². The number of rotatable bonds is 2. The van der Waals surface area contributed by atoms with Gasteiger partial charge < -0.3 is 4.79 Å². The second kappa shape index (κ2) is 5.91. The molecule has 0 amide bonds. The van der Waals surface area contributed by atoms with Gasteiger partial charge in [-0.25, -0.2) is 0 Å². The summed E-state index contributed by atoms with van der Waals surface area (Å²) in [5.41, 5.74) is 7.59. The SMILES string of the molecule is Cc1c(C)c(C)c(C[C-]=O)c(C)c1C.[Y]. The molecule has 0 bridgehead atoms. The maximum Gasteiger partial charge on any atom is 0 e. The van der Waals surface area contributed by atoms with Crippen LogP contribution in [0.3, 0.4) is 0 Å². The van der Waals surface area contributed by atoms with Gasteiger partial charge in [0.1, 0.15) is 0 Å². The molecule has 0 aliphatic carbocycles. The standard InChI is InChI=1S/C13H17O.Y/c1-8-9(2)11(4)13(6-7-14)12(5)10(8)3;/h6H2,1-5H3;/q-1;. The van der Waals surface area contributed by atoms with Crippen LogP contribution < -0.4 is 0 Å². The minimum absolute atomic E-state index is 0. The van der Waals surface area contributed by atoms with Gasteiger partial charge in [0.15, 0.2) is 0 Å². The van der Waals surface area contributed by atoms with E-state index >= 15 is 0 Å². The Balaban J connectivity index is 0.00000196. The van der Waals surface area contributed by atoms with Gasteiger partial charge in [0, 0.05) is 32.7 Å². The van der Waals surface area contributed by atoms with Gasteiger partial charge >= 0.3 is 0 Å². The van der Waals surface area contributed by atoms with Gasteiger partial charge in [-0.3, -0.25) is 6.29 Å². The van der Waals surface area contributed by atoms with E-state index in [1.54, 1.807) is 0 Å². The molecule has 1 rings (SSSR count). The van der Waals surface area contributed by atoms with Crippen LogP contribution in [0, 0.1) is 34.6 Å². The van der Waals surface area contributed by atoms with Crippen molar-refractivity contribution in [1.29, 1.82) is 0 Å². The monoisotopic (exact) mass is 278 g/mol. The molecule has 0 saturated heterocycles.